The van der Waals surface area contributed by atoms with E-state index in [0.29, 0.717) is 11.3 Å². The van der Waals surface area contributed by atoms with Gasteiger partial charge in [0, 0.05) is 6.42 Å². The molecule has 3 heteroatoms. The third-order valence-electron chi connectivity index (χ3n) is 1.09. The van der Waals surface area contributed by atoms with Crippen molar-refractivity contribution < 1.29 is 4.52 Å². The third kappa shape index (κ3) is 0.918. The van der Waals surface area contributed by atoms with Gasteiger partial charge in [-0.05, 0) is 0 Å². The van der Waals surface area contributed by atoms with Crippen molar-refractivity contribution in [2.45, 2.75) is 13.3 Å². The van der Waals surface area contributed by atoms with E-state index < -0.39 is 0 Å². The van der Waals surface area contributed by atoms with Crippen molar-refractivity contribution >= 4 is 0 Å². The van der Waals surface area contributed by atoms with Crippen molar-refractivity contribution in [3.05, 3.63) is 17.5 Å². The van der Waals surface area contributed by atoms with Gasteiger partial charge in [-0.1, -0.05) is 12.1 Å². The zero-order chi connectivity index (χ0) is 6.69. The first kappa shape index (κ1) is 5.83. The number of hydrogen-bond acceptors (Lipinski definition) is 3. The molecule has 0 bridgehead atoms. The van der Waals surface area contributed by atoms with E-state index in [1.165, 1.54) is 6.20 Å². The van der Waals surface area contributed by atoms with Gasteiger partial charge in [-0.2, -0.15) is 5.26 Å². The van der Waals surface area contributed by atoms with Gasteiger partial charge in [0.1, 0.15) is 11.6 Å². The summed E-state index contributed by atoms with van der Waals surface area (Å²) >= 11 is 0. The molecule has 9 heavy (non-hydrogen) atoms. The first-order valence-electron chi connectivity index (χ1n) is 2.72. The maximum Gasteiger partial charge on any atom is 0.154 e. The summed E-state index contributed by atoms with van der Waals surface area (Å²) in [5.74, 6) is 0.664. The van der Waals surface area contributed by atoms with Crippen LogP contribution in [0.3, 0.4) is 0 Å². The average molecular weight is 122 g/mol. The van der Waals surface area contributed by atoms with E-state index in [4.69, 9.17) is 9.78 Å². The summed E-state index contributed by atoms with van der Waals surface area (Å²) in [6, 6.07) is 1.97. The van der Waals surface area contributed by atoms with Crippen molar-refractivity contribution in [1.29, 1.82) is 5.26 Å². The van der Waals surface area contributed by atoms with Crippen molar-refractivity contribution in [2.24, 2.45) is 0 Å². The van der Waals surface area contributed by atoms with Gasteiger partial charge in [0.15, 0.2) is 5.76 Å². The molecule has 0 spiro atoms. The lowest BCUT2D eigenvalue weighted by atomic mass is 10.2. The van der Waals surface area contributed by atoms with Gasteiger partial charge in [0.2, 0.25) is 0 Å². The van der Waals surface area contributed by atoms with E-state index >= 15 is 0 Å². The average Bonchev–Trinajstić information content (AvgIpc) is 2.33. The fourth-order valence-corrected chi connectivity index (χ4v) is 0.610. The molecule has 1 aromatic rings. The van der Waals surface area contributed by atoms with Crippen LogP contribution in [0.2, 0.25) is 0 Å². The summed E-state index contributed by atoms with van der Waals surface area (Å²) in [4.78, 5) is 0. The molecule has 0 saturated carbocycles. The molecule has 0 aliphatic heterocycles. The SMILES string of the molecule is CCc1oncc1C#N. The number of rotatable bonds is 1. The largest absolute Gasteiger partial charge is 0.360 e. The number of nitrogens with zero attached hydrogens (tertiary/aromatic N) is 2. The number of aryl methyl sites for hydroxylation is 1. The van der Waals surface area contributed by atoms with E-state index in [1.54, 1.807) is 0 Å². The van der Waals surface area contributed by atoms with Crippen LogP contribution in [-0.2, 0) is 6.42 Å². The maximum atomic E-state index is 8.39. The fourth-order valence-electron chi connectivity index (χ4n) is 0.610. The molecule has 46 valence electrons. The summed E-state index contributed by atoms with van der Waals surface area (Å²) in [5.41, 5.74) is 0.539. The van der Waals surface area contributed by atoms with Crippen LogP contribution in [0.25, 0.3) is 0 Å². The van der Waals surface area contributed by atoms with E-state index in [9.17, 15) is 0 Å². The van der Waals surface area contributed by atoms with Gasteiger partial charge in [-0.15, -0.1) is 0 Å². The molecule has 1 rings (SSSR count). The summed E-state index contributed by atoms with van der Waals surface area (Å²) < 4.78 is 4.73. The lowest BCUT2D eigenvalue weighted by Crippen LogP contribution is -1.77. The Labute approximate surface area is 52.9 Å². The molecule has 0 atom stereocenters. The number of aromatic nitrogens is 1. The minimum absolute atomic E-state index is 0.539. The van der Waals surface area contributed by atoms with Crippen LogP contribution in [0, 0.1) is 11.3 Å². The van der Waals surface area contributed by atoms with Gasteiger partial charge in [0.25, 0.3) is 0 Å². The normalized spacial score (nSPS) is 8.89. The molecule has 0 N–H and O–H groups in total. The highest BCUT2D eigenvalue weighted by molar-refractivity contribution is 5.28. The summed E-state index contributed by atoms with van der Waals surface area (Å²) in [7, 11) is 0. The molecule has 3 nitrogen and oxygen atoms in total. The summed E-state index contributed by atoms with van der Waals surface area (Å²) in [6.07, 6.45) is 2.15. The Bertz CT molecular complexity index is 233. The van der Waals surface area contributed by atoms with Crippen LogP contribution in [0.15, 0.2) is 10.7 Å². The molecule has 0 aromatic carbocycles. The lowest BCUT2D eigenvalue weighted by Gasteiger charge is -1.81. The minimum atomic E-state index is 0.539. The predicted molar refractivity (Wildman–Crippen MR) is 30.6 cm³/mol. The zero-order valence-corrected chi connectivity index (χ0v) is 5.09. The Balaban J connectivity index is 3.02. The highest BCUT2D eigenvalue weighted by Gasteiger charge is 2.02. The molecule has 0 saturated heterocycles. The third-order valence-corrected chi connectivity index (χ3v) is 1.09. The van der Waals surface area contributed by atoms with Crippen molar-refractivity contribution in [3.63, 3.8) is 0 Å². The quantitative estimate of drug-likeness (QED) is 0.560. The van der Waals surface area contributed by atoms with Crippen LogP contribution < -0.4 is 0 Å². The Morgan fingerprint density at radius 2 is 2.67 bits per heavy atom. The van der Waals surface area contributed by atoms with Crippen molar-refractivity contribution in [2.75, 3.05) is 0 Å². The molecule has 0 amide bonds. The molecule has 0 radical (unpaired) electrons. The Morgan fingerprint density at radius 3 is 3.11 bits per heavy atom. The lowest BCUT2D eigenvalue weighted by molar-refractivity contribution is 0.386. The van der Waals surface area contributed by atoms with Gasteiger partial charge >= 0.3 is 0 Å². The van der Waals surface area contributed by atoms with Crippen LogP contribution in [0.5, 0.6) is 0 Å². The van der Waals surface area contributed by atoms with E-state index in [-0.39, 0.29) is 0 Å². The summed E-state index contributed by atoms with van der Waals surface area (Å²) in [5, 5.41) is 11.9. The van der Waals surface area contributed by atoms with Gasteiger partial charge in [0.05, 0.1) is 6.20 Å². The Hall–Kier alpha value is -1.30. The smallest absolute Gasteiger partial charge is 0.154 e. The molecule has 1 aromatic heterocycles. The molecular formula is C6H6N2O. The van der Waals surface area contributed by atoms with Crippen LogP contribution in [0.4, 0.5) is 0 Å². The molecule has 0 unspecified atom stereocenters. The monoisotopic (exact) mass is 122 g/mol. The summed E-state index contributed by atoms with van der Waals surface area (Å²) in [6.45, 7) is 1.92. The van der Waals surface area contributed by atoms with Crippen molar-refractivity contribution in [3.8, 4) is 6.07 Å². The second-order valence-electron chi connectivity index (χ2n) is 1.63. The molecule has 1 heterocycles. The number of nitriles is 1. The first-order chi connectivity index (χ1) is 4.38. The highest BCUT2D eigenvalue weighted by Crippen LogP contribution is 2.05. The Morgan fingerprint density at radius 1 is 1.89 bits per heavy atom. The molecular weight excluding hydrogens is 116 g/mol. The Kier molecular flexibility index (Phi) is 1.50. The van der Waals surface area contributed by atoms with Crippen molar-refractivity contribution in [1.82, 2.24) is 5.16 Å². The van der Waals surface area contributed by atoms with Crippen LogP contribution in [-0.4, -0.2) is 5.16 Å². The standard InChI is InChI=1S/C6H6N2O/c1-2-6-5(3-7)4-8-9-6/h4H,2H2,1H3. The number of hydrogen-bond donors (Lipinski definition) is 0. The molecule has 0 aliphatic carbocycles. The minimum Gasteiger partial charge on any atom is -0.360 e. The first-order valence-corrected chi connectivity index (χ1v) is 2.72. The van der Waals surface area contributed by atoms with Crippen LogP contribution >= 0.6 is 0 Å². The van der Waals surface area contributed by atoms with Gasteiger partial charge in [-0.3, -0.25) is 0 Å². The topological polar surface area (TPSA) is 49.8 Å². The predicted octanol–water partition coefficient (Wildman–Crippen LogP) is 1.11. The van der Waals surface area contributed by atoms with Gasteiger partial charge < -0.3 is 4.52 Å². The second kappa shape index (κ2) is 2.31. The fraction of sp³-hybridized carbons (Fsp3) is 0.333. The molecule has 0 fully saturated rings. The second-order valence-corrected chi connectivity index (χ2v) is 1.63. The van der Waals surface area contributed by atoms with E-state index in [2.05, 4.69) is 5.16 Å². The highest BCUT2D eigenvalue weighted by atomic mass is 16.5. The van der Waals surface area contributed by atoms with Crippen LogP contribution in [0.1, 0.15) is 18.2 Å². The van der Waals surface area contributed by atoms with E-state index in [0.717, 1.165) is 6.42 Å². The zero-order valence-electron chi connectivity index (χ0n) is 5.09. The molecule has 0 aliphatic rings. The van der Waals surface area contributed by atoms with Gasteiger partial charge in [-0.25, -0.2) is 0 Å². The maximum absolute atomic E-state index is 8.39. The van der Waals surface area contributed by atoms with E-state index in [1.807, 2.05) is 13.0 Å².